The zero-order chi connectivity index (χ0) is 28.0. The summed E-state index contributed by atoms with van der Waals surface area (Å²) in [7, 11) is -2.47. The average Bonchev–Trinajstić information content (AvgIpc) is 3.36. The predicted molar refractivity (Wildman–Crippen MR) is 152 cm³/mol. The van der Waals surface area contributed by atoms with Gasteiger partial charge in [0, 0.05) is 28.2 Å². The summed E-state index contributed by atoms with van der Waals surface area (Å²) >= 11 is 19.1. The fraction of sp³-hybridized carbons (Fsp3) is 0.462. The van der Waals surface area contributed by atoms with E-state index in [9.17, 15) is 18.0 Å². The molecule has 1 N–H and O–H groups in total. The van der Waals surface area contributed by atoms with Crippen molar-refractivity contribution in [3.8, 4) is 5.75 Å². The molecule has 2 aromatic carbocycles. The SMILES string of the molecule is CC[C@H](C(=O)NC1CCCC1)N(Cc1c(Cl)cccc1Cl)C(=O)CN(c1ccc(OC)c(Cl)c1)S(C)(=O)=O. The molecule has 0 bridgehead atoms. The third-order valence-electron chi connectivity index (χ3n) is 6.58. The molecule has 12 heteroatoms. The lowest BCUT2D eigenvalue weighted by Crippen LogP contribution is -2.53. The number of nitrogens with one attached hydrogen (secondary N) is 1. The fourth-order valence-electron chi connectivity index (χ4n) is 4.56. The number of halogens is 3. The van der Waals surface area contributed by atoms with E-state index in [-0.39, 0.29) is 29.2 Å². The first kappa shape index (κ1) is 30.3. The number of carbonyl (C=O) groups is 2. The lowest BCUT2D eigenvalue weighted by molar-refractivity contribution is -0.140. The maximum atomic E-state index is 13.8. The Kier molecular flexibility index (Phi) is 10.6. The lowest BCUT2D eigenvalue weighted by atomic mass is 10.1. The lowest BCUT2D eigenvalue weighted by Gasteiger charge is -2.33. The maximum Gasteiger partial charge on any atom is 0.244 e. The van der Waals surface area contributed by atoms with Gasteiger partial charge in [0.1, 0.15) is 18.3 Å². The van der Waals surface area contributed by atoms with Crippen molar-refractivity contribution in [2.24, 2.45) is 0 Å². The van der Waals surface area contributed by atoms with Crippen LogP contribution in [0.5, 0.6) is 5.75 Å². The van der Waals surface area contributed by atoms with Crippen LogP contribution < -0.4 is 14.4 Å². The summed E-state index contributed by atoms with van der Waals surface area (Å²) in [4.78, 5) is 28.6. The zero-order valence-electron chi connectivity index (χ0n) is 21.5. The topological polar surface area (TPSA) is 96.0 Å². The van der Waals surface area contributed by atoms with Crippen LogP contribution in [0.15, 0.2) is 36.4 Å². The number of ether oxygens (including phenoxy) is 1. The van der Waals surface area contributed by atoms with Gasteiger partial charge < -0.3 is 15.0 Å². The van der Waals surface area contributed by atoms with Crippen LogP contribution in [0.1, 0.15) is 44.6 Å². The van der Waals surface area contributed by atoms with E-state index in [1.54, 1.807) is 25.1 Å². The number of carbonyl (C=O) groups excluding carboxylic acids is 2. The Balaban J connectivity index is 1.98. The highest BCUT2D eigenvalue weighted by molar-refractivity contribution is 7.92. The second-order valence-electron chi connectivity index (χ2n) is 9.22. The molecule has 0 heterocycles. The highest BCUT2D eigenvalue weighted by Gasteiger charge is 2.33. The van der Waals surface area contributed by atoms with Crippen LogP contribution in [0.3, 0.4) is 0 Å². The molecule has 38 heavy (non-hydrogen) atoms. The third-order valence-corrected chi connectivity index (χ3v) is 8.72. The zero-order valence-corrected chi connectivity index (χ0v) is 24.6. The molecule has 8 nitrogen and oxygen atoms in total. The van der Waals surface area contributed by atoms with E-state index in [0.29, 0.717) is 27.8 Å². The second kappa shape index (κ2) is 13.2. The molecule has 1 saturated carbocycles. The molecule has 2 aromatic rings. The number of hydrogen-bond acceptors (Lipinski definition) is 5. The van der Waals surface area contributed by atoms with Crippen LogP contribution in [0.4, 0.5) is 5.69 Å². The quantitative estimate of drug-likeness (QED) is 0.376. The number of rotatable bonds is 11. The van der Waals surface area contributed by atoms with E-state index in [4.69, 9.17) is 39.5 Å². The van der Waals surface area contributed by atoms with Crippen molar-refractivity contribution in [2.75, 3.05) is 24.2 Å². The highest BCUT2D eigenvalue weighted by Crippen LogP contribution is 2.31. The van der Waals surface area contributed by atoms with Gasteiger partial charge in [-0.15, -0.1) is 0 Å². The van der Waals surface area contributed by atoms with Crippen LogP contribution in [-0.4, -0.2) is 57.1 Å². The number of methoxy groups -OCH3 is 1. The van der Waals surface area contributed by atoms with Gasteiger partial charge in [0.15, 0.2) is 0 Å². The minimum atomic E-state index is -3.91. The predicted octanol–water partition coefficient (Wildman–Crippen LogP) is 5.29. The molecule has 0 spiro atoms. The standard InChI is InChI=1S/C26H32Cl3N3O5S/c1-4-23(26(34)30-17-8-5-6-9-17)31(15-19-20(27)10-7-11-21(19)28)25(33)16-32(38(3,35)36)18-12-13-24(37-2)22(29)14-18/h7,10-14,17,23H,4-6,8-9,15-16H2,1-3H3,(H,30,34)/t23-/m1/s1. The van der Waals surface area contributed by atoms with E-state index in [2.05, 4.69) is 5.32 Å². The normalized spacial score (nSPS) is 14.7. The Bertz CT molecular complexity index is 1250. The summed E-state index contributed by atoms with van der Waals surface area (Å²) in [6, 6.07) is 8.59. The maximum absolute atomic E-state index is 13.8. The molecular weight excluding hydrogens is 573 g/mol. The van der Waals surface area contributed by atoms with Crippen molar-refractivity contribution in [3.63, 3.8) is 0 Å². The van der Waals surface area contributed by atoms with E-state index < -0.39 is 28.5 Å². The van der Waals surface area contributed by atoms with Gasteiger partial charge in [-0.2, -0.15) is 0 Å². The minimum absolute atomic E-state index is 0.0476. The molecule has 208 valence electrons. The Hall–Kier alpha value is -2.20. The average molecular weight is 605 g/mol. The minimum Gasteiger partial charge on any atom is -0.495 e. The molecule has 1 aliphatic rings. The van der Waals surface area contributed by atoms with Crippen LogP contribution >= 0.6 is 34.8 Å². The van der Waals surface area contributed by atoms with Crippen molar-refractivity contribution in [1.29, 1.82) is 0 Å². The number of anilines is 1. The van der Waals surface area contributed by atoms with Gasteiger partial charge >= 0.3 is 0 Å². The monoisotopic (exact) mass is 603 g/mol. The van der Waals surface area contributed by atoms with Crippen molar-refractivity contribution < 1.29 is 22.7 Å². The van der Waals surface area contributed by atoms with Crippen molar-refractivity contribution in [1.82, 2.24) is 10.2 Å². The van der Waals surface area contributed by atoms with Gasteiger partial charge in [0.2, 0.25) is 21.8 Å². The number of nitrogens with zero attached hydrogens (tertiary/aromatic N) is 2. The van der Waals surface area contributed by atoms with Gasteiger partial charge in [-0.25, -0.2) is 8.42 Å². The van der Waals surface area contributed by atoms with Gasteiger partial charge in [0.25, 0.3) is 0 Å². The molecule has 0 saturated heterocycles. The molecule has 0 radical (unpaired) electrons. The number of amides is 2. The van der Waals surface area contributed by atoms with Gasteiger partial charge in [-0.05, 0) is 49.6 Å². The summed E-state index contributed by atoms with van der Waals surface area (Å²) < 4.78 is 31.7. The molecule has 1 atom stereocenters. The van der Waals surface area contributed by atoms with Crippen LogP contribution in [0, 0.1) is 0 Å². The fourth-order valence-corrected chi connectivity index (χ4v) is 6.18. The molecular formula is C26H32Cl3N3O5S. The summed E-state index contributed by atoms with van der Waals surface area (Å²) in [6.45, 7) is 1.16. The Labute approximate surface area is 239 Å². The largest absolute Gasteiger partial charge is 0.495 e. The molecule has 1 fully saturated rings. The second-order valence-corrected chi connectivity index (χ2v) is 12.4. The van der Waals surface area contributed by atoms with Crippen molar-refractivity contribution in [3.05, 3.63) is 57.0 Å². The van der Waals surface area contributed by atoms with E-state index in [1.165, 1.54) is 30.2 Å². The van der Waals surface area contributed by atoms with E-state index >= 15 is 0 Å². The molecule has 2 amide bonds. The third kappa shape index (κ3) is 7.46. The Morgan fingerprint density at radius 1 is 1.08 bits per heavy atom. The first-order chi connectivity index (χ1) is 18.0. The summed E-state index contributed by atoms with van der Waals surface area (Å²) in [5.74, 6) is -0.527. The van der Waals surface area contributed by atoms with Crippen LogP contribution in [0.25, 0.3) is 0 Å². The number of benzene rings is 2. The Morgan fingerprint density at radius 2 is 1.71 bits per heavy atom. The van der Waals surface area contributed by atoms with Gasteiger partial charge in [-0.3, -0.25) is 13.9 Å². The van der Waals surface area contributed by atoms with E-state index in [0.717, 1.165) is 36.2 Å². The summed E-state index contributed by atoms with van der Waals surface area (Å²) in [6.07, 6.45) is 5.14. The molecule has 1 aliphatic carbocycles. The van der Waals surface area contributed by atoms with E-state index in [1.807, 2.05) is 0 Å². The first-order valence-corrected chi connectivity index (χ1v) is 15.3. The van der Waals surface area contributed by atoms with Crippen molar-refractivity contribution >= 4 is 62.3 Å². The smallest absolute Gasteiger partial charge is 0.244 e. The summed E-state index contributed by atoms with van der Waals surface area (Å²) in [5, 5.41) is 3.91. The molecule has 0 aromatic heterocycles. The number of sulfonamides is 1. The number of hydrogen-bond donors (Lipinski definition) is 1. The van der Waals surface area contributed by atoms with Gasteiger partial charge in [-0.1, -0.05) is 60.6 Å². The van der Waals surface area contributed by atoms with Crippen LogP contribution in [0.2, 0.25) is 15.1 Å². The first-order valence-electron chi connectivity index (χ1n) is 12.3. The summed E-state index contributed by atoms with van der Waals surface area (Å²) in [5.41, 5.74) is 0.653. The van der Waals surface area contributed by atoms with Gasteiger partial charge in [0.05, 0.1) is 24.1 Å². The van der Waals surface area contributed by atoms with Crippen molar-refractivity contribution in [2.45, 2.75) is 57.7 Å². The van der Waals surface area contributed by atoms with Crippen LogP contribution in [-0.2, 0) is 26.2 Å². The Morgan fingerprint density at radius 3 is 2.24 bits per heavy atom. The highest BCUT2D eigenvalue weighted by atomic mass is 35.5. The molecule has 3 rings (SSSR count). The molecule has 0 aliphatic heterocycles. The molecule has 0 unspecified atom stereocenters.